The smallest absolute Gasteiger partial charge is 0.254 e. The lowest BCUT2D eigenvalue weighted by molar-refractivity contribution is 0.0588. The second-order valence-electron chi connectivity index (χ2n) is 7.66. The normalized spacial score (nSPS) is 21.4. The molecule has 0 spiro atoms. The van der Waals surface area contributed by atoms with E-state index in [0.717, 1.165) is 52.1 Å². The third kappa shape index (κ3) is 3.62. The van der Waals surface area contributed by atoms with Gasteiger partial charge < -0.3 is 4.90 Å². The molecular weight excluding hydrogens is 453 g/mol. The Morgan fingerprint density at radius 1 is 1.14 bits per heavy atom. The van der Waals surface area contributed by atoms with Gasteiger partial charge in [-0.05, 0) is 77.5 Å². The van der Waals surface area contributed by atoms with Crippen LogP contribution in [0.3, 0.4) is 0 Å². The van der Waals surface area contributed by atoms with E-state index in [1.807, 2.05) is 22.4 Å². The Morgan fingerprint density at radius 2 is 2.03 bits per heavy atom. The highest BCUT2D eigenvalue weighted by Gasteiger charge is 2.36. The first-order chi connectivity index (χ1) is 14.1. The molecule has 2 aromatic heterocycles. The lowest BCUT2D eigenvalue weighted by atomic mass is 9.91. The van der Waals surface area contributed by atoms with Crippen molar-refractivity contribution in [1.82, 2.24) is 14.9 Å². The van der Waals surface area contributed by atoms with E-state index in [2.05, 4.69) is 20.9 Å². The summed E-state index contributed by atoms with van der Waals surface area (Å²) in [5.41, 5.74) is 3.21. The number of thiazole rings is 1. The second kappa shape index (κ2) is 7.61. The van der Waals surface area contributed by atoms with Crippen LogP contribution in [0.5, 0.6) is 0 Å². The predicted molar refractivity (Wildman–Crippen MR) is 115 cm³/mol. The fourth-order valence-electron chi connectivity index (χ4n) is 4.35. The predicted octanol–water partition coefficient (Wildman–Crippen LogP) is 5.44. The van der Waals surface area contributed by atoms with Crippen LogP contribution in [0.2, 0.25) is 0 Å². The molecule has 29 heavy (non-hydrogen) atoms. The third-order valence-corrected chi connectivity index (χ3v) is 7.35. The number of rotatable bonds is 2. The third-order valence-electron chi connectivity index (χ3n) is 5.87. The molecule has 2 aliphatic heterocycles. The minimum Gasteiger partial charge on any atom is -0.335 e. The van der Waals surface area contributed by atoms with Gasteiger partial charge >= 0.3 is 0 Å². The molecule has 0 unspecified atom stereocenters. The van der Waals surface area contributed by atoms with Crippen molar-refractivity contribution in [2.24, 2.45) is 0 Å². The first-order valence-corrected chi connectivity index (χ1v) is 11.4. The fourth-order valence-corrected chi connectivity index (χ4v) is 5.53. The van der Waals surface area contributed by atoms with E-state index < -0.39 is 0 Å². The molecule has 0 bridgehead atoms. The van der Waals surface area contributed by atoms with Gasteiger partial charge in [-0.3, -0.25) is 9.78 Å². The van der Waals surface area contributed by atoms with Crippen LogP contribution in [0.25, 0.3) is 11.4 Å². The van der Waals surface area contributed by atoms with E-state index in [1.54, 1.807) is 23.6 Å². The molecule has 148 valence electrons. The van der Waals surface area contributed by atoms with Crippen LogP contribution in [0.4, 0.5) is 4.39 Å². The summed E-state index contributed by atoms with van der Waals surface area (Å²) in [6.07, 6.45) is 5.39. The van der Waals surface area contributed by atoms with Crippen LogP contribution >= 0.6 is 27.3 Å². The highest BCUT2D eigenvalue weighted by molar-refractivity contribution is 9.10. The van der Waals surface area contributed by atoms with Crippen LogP contribution in [0.1, 0.15) is 46.1 Å². The highest BCUT2D eigenvalue weighted by atomic mass is 79.9. The maximum Gasteiger partial charge on any atom is 0.254 e. The Morgan fingerprint density at radius 3 is 2.86 bits per heavy atom. The van der Waals surface area contributed by atoms with Crippen molar-refractivity contribution in [3.05, 3.63) is 68.3 Å². The van der Waals surface area contributed by atoms with Gasteiger partial charge in [0.2, 0.25) is 0 Å². The molecular formula is C22H19BrFN3OS. The van der Waals surface area contributed by atoms with Crippen LogP contribution < -0.4 is 0 Å². The number of hydrogen-bond acceptors (Lipinski definition) is 4. The fraction of sp³-hybridized carbons (Fsp3) is 0.318. The number of nitrogens with zero attached hydrogens (tertiary/aromatic N) is 3. The number of piperidine rings is 1. The number of aryl methyl sites for hydroxylation is 1. The molecule has 1 fully saturated rings. The topological polar surface area (TPSA) is 46.1 Å². The van der Waals surface area contributed by atoms with E-state index in [0.29, 0.717) is 12.1 Å². The molecule has 0 radical (unpaired) electrons. The number of fused-ring (bicyclic) bond motifs is 2. The molecule has 1 saturated heterocycles. The van der Waals surface area contributed by atoms with E-state index in [4.69, 9.17) is 4.98 Å². The Bertz CT molecular complexity index is 1070. The number of pyridine rings is 1. The van der Waals surface area contributed by atoms with Crippen molar-refractivity contribution in [2.45, 2.75) is 37.6 Å². The van der Waals surface area contributed by atoms with Crippen LogP contribution in [0, 0.1) is 5.82 Å². The molecule has 3 aromatic rings. The molecule has 7 heteroatoms. The molecule has 4 nitrogen and oxygen atoms in total. The molecule has 4 heterocycles. The van der Waals surface area contributed by atoms with Gasteiger partial charge in [-0.15, -0.1) is 11.3 Å². The van der Waals surface area contributed by atoms with Gasteiger partial charge in [-0.25, -0.2) is 9.37 Å². The summed E-state index contributed by atoms with van der Waals surface area (Å²) in [6.45, 7) is 0.668. The highest BCUT2D eigenvalue weighted by Crippen LogP contribution is 2.37. The van der Waals surface area contributed by atoms with Gasteiger partial charge in [0.25, 0.3) is 5.91 Å². The zero-order chi connectivity index (χ0) is 20.0. The van der Waals surface area contributed by atoms with Crippen LogP contribution in [-0.4, -0.2) is 33.4 Å². The van der Waals surface area contributed by atoms with Gasteiger partial charge in [0, 0.05) is 40.1 Å². The molecule has 0 saturated carbocycles. The standard InChI is InChI=1S/C22H19BrFN3OS/c23-15-3-8-19(25-10-15)20-12-29-21(26-20)14-2-6-17-5-1-13-9-16(24)4-7-18(13)22(28)27(17)11-14/h3-4,7-10,12,14,17H,1-2,5-6,11H2/t14-,17+/m0/s1. The van der Waals surface area contributed by atoms with Crippen molar-refractivity contribution in [1.29, 1.82) is 0 Å². The zero-order valence-electron chi connectivity index (χ0n) is 15.6. The van der Waals surface area contributed by atoms with E-state index in [1.165, 1.54) is 12.1 Å². The number of amides is 1. The SMILES string of the molecule is O=C1c2ccc(F)cc2CC[C@@H]2CC[C@H](c3nc(-c4ccc(Br)cn4)cs3)CN12. The minimum atomic E-state index is -0.272. The van der Waals surface area contributed by atoms with Gasteiger partial charge in [-0.1, -0.05) is 0 Å². The van der Waals surface area contributed by atoms with E-state index in [-0.39, 0.29) is 23.7 Å². The van der Waals surface area contributed by atoms with Crippen molar-refractivity contribution >= 4 is 33.2 Å². The van der Waals surface area contributed by atoms with Gasteiger partial charge in [0.05, 0.1) is 16.4 Å². The Balaban J connectivity index is 1.39. The quantitative estimate of drug-likeness (QED) is 0.499. The number of aromatic nitrogens is 2. The summed E-state index contributed by atoms with van der Waals surface area (Å²) < 4.78 is 14.6. The van der Waals surface area contributed by atoms with Crippen molar-refractivity contribution in [2.75, 3.05) is 6.54 Å². The van der Waals surface area contributed by atoms with Gasteiger partial charge in [-0.2, -0.15) is 0 Å². The van der Waals surface area contributed by atoms with Crippen LogP contribution in [-0.2, 0) is 6.42 Å². The summed E-state index contributed by atoms with van der Waals surface area (Å²) in [4.78, 5) is 24.4. The van der Waals surface area contributed by atoms with E-state index in [9.17, 15) is 9.18 Å². The Kier molecular flexibility index (Phi) is 4.95. The second-order valence-corrected chi connectivity index (χ2v) is 9.46. The average molecular weight is 472 g/mol. The van der Waals surface area contributed by atoms with Gasteiger partial charge in [0.15, 0.2) is 0 Å². The first kappa shape index (κ1) is 18.9. The molecule has 1 amide bonds. The molecule has 0 N–H and O–H groups in total. The lowest BCUT2D eigenvalue weighted by Crippen LogP contribution is -2.45. The number of halogens is 2. The number of carbonyl (C=O) groups excluding carboxylic acids is 1. The number of hydrogen-bond donors (Lipinski definition) is 0. The first-order valence-electron chi connectivity index (χ1n) is 9.75. The van der Waals surface area contributed by atoms with Crippen LogP contribution in [0.15, 0.2) is 46.4 Å². The van der Waals surface area contributed by atoms with Crippen molar-refractivity contribution < 1.29 is 9.18 Å². The maximum absolute atomic E-state index is 13.6. The number of benzene rings is 1. The average Bonchev–Trinajstić information content (AvgIpc) is 3.18. The number of carbonyl (C=O) groups is 1. The summed E-state index contributed by atoms with van der Waals surface area (Å²) in [6, 6.07) is 8.68. The zero-order valence-corrected chi connectivity index (χ0v) is 18.0. The molecule has 1 aromatic carbocycles. The maximum atomic E-state index is 13.6. The molecule has 0 aliphatic carbocycles. The largest absolute Gasteiger partial charge is 0.335 e. The minimum absolute atomic E-state index is 0.0264. The molecule has 2 atom stereocenters. The Hall–Kier alpha value is -2.12. The lowest BCUT2D eigenvalue weighted by Gasteiger charge is -2.38. The monoisotopic (exact) mass is 471 g/mol. The summed E-state index contributed by atoms with van der Waals surface area (Å²) in [5, 5.41) is 3.10. The van der Waals surface area contributed by atoms with Crippen molar-refractivity contribution in [3.63, 3.8) is 0 Å². The molecule has 2 aliphatic rings. The van der Waals surface area contributed by atoms with Crippen molar-refractivity contribution in [3.8, 4) is 11.4 Å². The summed E-state index contributed by atoms with van der Waals surface area (Å²) in [7, 11) is 0. The van der Waals surface area contributed by atoms with E-state index >= 15 is 0 Å². The summed E-state index contributed by atoms with van der Waals surface area (Å²) in [5.74, 6) is -0.0175. The summed E-state index contributed by atoms with van der Waals surface area (Å²) >= 11 is 5.05. The van der Waals surface area contributed by atoms with Gasteiger partial charge in [0.1, 0.15) is 5.82 Å². The molecule has 5 rings (SSSR count). The Labute approximate surface area is 180 Å².